The van der Waals surface area contributed by atoms with Crippen molar-refractivity contribution in [2.75, 3.05) is 20.2 Å². The van der Waals surface area contributed by atoms with Crippen molar-refractivity contribution in [3.63, 3.8) is 0 Å². The van der Waals surface area contributed by atoms with Gasteiger partial charge in [-0.15, -0.1) is 0 Å². The molecule has 0 radical (unpaired) electrons. The van der Waals surface area contributed by atoms with Crippen molar-refractivity contribution in [3.05, 3.63) is 42.0 Å². The molecule has 0 fully saturated rings. The molecule has 18 heavy (non-hydrogen) atoms. The van der Waals surface area contributed by atoms with Crippen molar-refractivity contribution < 1.29 is 4.74 Å². The molecule has 0 aromatic heterocycles. The molecule has 98 valence electrons. The van der Waals surface area contributed by atoms with E-state index in [-0.39, 0.29) is 0 Å². The maximum atomic E-state index is 5.23. The number of rotatable bonds is 6. The fraction of sp³-hybridized carbons (Fsp3) is 0.500. The van der Waals surface area contributed by atoms with E-state index in [0.717, 1.165) is 31.2 Å². The van der Waals surface area contributed by atoms with Crippen LogP contribution in [-0.4, -0.2) is 20.2 Å². The zero-order valence-corrected chi connectivity index (χ0v) is 11.2. The second-order valence-corrected chi connectivity index (χ2v) is 4.96. The highest BCUT2D eigenvalue weighted by atomic mass is 16.5. The van der Waals surface area contributed by atoms with Crippen molar-refractivity contribution in [1.29, 1.82) is 0 Å². The Kier molecular flexibility index (Phi) is 5.28. The summed E-state index contributed by atoms with van der Waals surface area (Å²) in [6.45, 7) is 2.20. The van der Waals surface area contributed by atoms with Gasteiger partial charge in [0.15, 0.2) is 0 Å². The third-order valence-corrected chi connectivity index (χ3v) is 3.54. The molecule has 0 aliphatic heterocycles. The van der Waals surface area contributed by atoms with Crippen LogP contribution in [0.25, 0.3) is 0 Å². The van der Waals surface area contributed by atoms with Crippen LogP contribution in [0.4, 0.5) is 0 Å². The Labute approximate surface area is 110 Å². The van der Waals surface area contributed by atoms with Gasteiger partial charge in [0.2, 0.25) is 0 Å². The summed E-state index contributed by atoms with van der Waals surface area (Å²) in [4.78, 5) is 0. The molecule has 2 nitrogen and oxygen atoms in total. The van der Waals surface area contributed by atoms with Crippen LogP contribution in [0.2, 0.25) is 0 Å². The molecule has 0 spiro atoms. The van der Waals surface area contributed by atoms with Crippen molar-refractivity contribution >= 4 is 0 Å². The zero-order chi connectivity index (χ0) is 12.6. The molecule has 2 rings (SSSR count). The van der Waals surface area contributed by atoms with E-state index in [0.29, 0.717) is 0 Å². The summed E-state index contributed by atoms with van der Waals surface area (Å²) in [6, 6.07) is 8.32. The molecule has 1 unspecified atom stereocenters. The van der Waals surface area contributed by atoms with E-state index in [1.165, 1.54) is 24.8 Å². The average molecular weight is 245 g/mol. The van der Waals surface area contributed by atoms with E-state index >= 15 is 0 Å². The third-order valence-electron chi connectivity index (χ3n) is 3.54. The maximum Gasteiger partial charge on any atom is 0.119 e. The summed E-state index contributed by atoms with van der Waals surface area (Å²) in [5.74, 6) is 1.78. The molecule has 0 amide bonds. The Morgan fingerprint density at radius 2 is 2.28 bits per heavy atom. The zero-order valence-electron chi connectivity index (χ0n) is 11.2. The number of hydrogen-bond acceptors (Lipinski definition) is 2. The Hall–Kier alpha value is -1.28. The van der Waals surface area contributed by atoms with E-state index in [9.17, 15) is 0 Å². The average Bonchev–Trinajstić information content (AvgIpc) is 2.45. The van der Waals surface area contributed by atoms with Crippen LogP contribution in [0.1, 0.15) is 24.8 Å². The summed E-state index contributed by atoms with van der Waals surface area (Å²) in [5.41, 5.74) is 1.34. The quantitative estimate of drug-likeness (QED) is 0.614. The van der Waals surface area contributed by atoms with Gasteiger partial charge >= 0.3 is 0 Å². The van der Waals surface area contributed by atoms with E-state index in [2.05, 4.69) is 35.7 Å². The lowest BCUT2D eigenvalue weighted by molar-refractivity contribution is 0.414. The first-order valence-electron chi connectivity index (χ1n) is 6.87. The lowest BCUT2D eigenvalue weighted by Crippen LogP contribution is -2.25. The van der Waals surface area contributed by atoms with Gasteiger partial charge in [-0.2, -0.15) is 0 Å². The SMILES string of the molecule is COc1cccc(CCNCC2CC=CCC2)c1. The fourth-order valence-electron chi connectivity index (χ4n) is 2.41. The number of allylic oxidation sites excluding steroid dienone is 2. The van der Waals surface area contributed by atoms with E-state index < -0.39 is 0 Å². The van der Waals surface area contributed by atoms with Gasteiger partial charge in [-0.1, -0.05) is 24.3 Å². The summed E-state index contributed by atoms with van der Waals surface area (Å²) in [7, 11) is 1.72. The number of methoxy groups -OCH3 is 1. The second kappa shape index (κ2) is 7.22. The van der Waals surface area contributed by atoms with Gasteiger partial charge < -0.3 is 10.1 Å². The Balaban J connectivity index is 1.66. The third kappa shape index (κ3) is 4.19. The highest BCUT2D eigenvalue weighted by Gasteiger charge is 2.08. The topological polar surface area (TPSA) is 21.3 Å². The van der Waals surface area contributed by atoms with Gasteiger partial charge in [0, 0.05) is 0 Å². The Morgan fingerprint density at radius 3 is 3.06 bits per heavy atom. The van der Waals surface area contributed by atoms with Gasteiger partial charge in [-0.3, -0.25) is 0 Å². The van der Waals surface area contributed by atoms with Gasteiger partial charge in [-0.05, 0) is 62.4 Å². The lowest BCUT2D eigenvalue weighted by atomic mass is 9.94. The van der Waals surface area contributed by atoms with Crippen LogP contribution >= 0.6 is 0 Å². The van der Waals surface area contributed by atoms with Gasteiger partial charge in [0.05, 0.1) is 7.11 Å². The lowest BCUT2D eigenvalue weighted by Gasteiger charge is -2.18. The van der Waals surface area contributed by atoms with Crippen LogP contribution < -0.4 is 10.1 Å². The highest BCUT2D eigenvalue weighted by molar-refractivity contribution is 5.28. The first-order chi connectivity index (χ1) is 8.88. The molecule has 1 atom stereocenters. The largest absolute Gasteiger partial charge is 0.497 e. The standard InChI is InChI=1S/C16H23NO/c1-18-16-9-5-8-14(12-16)10-11-17-13-15-6-3-2-4-7-15/h2-3,5,8-9,12,15,17H,4,6-7,10-11,13H2,1H3. The van der Waals surface area contributed by atoms with E-state index in [1.54, 1.807) is 7.11 Å². The van der Waals surface area contributed by atoms with Crippen LogP contribution in [-0.2, 0) is 6.42 Å². The monoisotopic (exact) mass is 245 g/mol. The van der Waals surface area contributed by atoms with Gasteiger partial charge in [-0.25, -0.2) is 0 Å². The molecule has 1 aliphatic carbocycles. The molecule has 1 aromatic carbocycles. The van der Waals surface area contributed by atoms with Crippen LogP contribution in [0.3, 0.4) is 0 Å². The Bertz CT molecular complexity index is 386. The summed E-state index contributed by atoms with van der Waals surface area (Å²) >= 11 is 0. The predicted molar refractivity (Wildman–Crippen MR) is 76.0 cm³/mol. The molecule has 0 saturated heterocycles. The molecule has 0 saturated carbocycles. The summed E-state index contributed by atoms with van der Waals surface area (Å²) in [6.07, 6.45) is 9.52. The van der Waals surface area contributed by atoms with Gasteiger partial charge in [0.1, 0.15) is 5.75 Å². The number of benzene rings is 1. The molecular weight excluding hydrogens is 222 g/mol. The minimum atomic E-state index is 0.834. The second-order valence-electron chi connectivity index (χ2n) is 4.96. The predicted octanol–water partition coefficient (Wildman–Crippen LogP) is 3.18. The maximum absolute atomic E-state index is 5.23. The van der Waals surface area contributed by atoms with Crippen LogP contribution in [0.15, 0.2) is 36.4 Å². The minimum absolute atomic E-state index is 0.834. The van der Waals surface area contributed by atoms with Gasteiger partial charge in [0.25, 0.3) is 0 Å². The first-order valence-corrected chi connectivity index (χ1v) is 6.87. The molecule has 1 N–H and O–H groups in total. The fourth-order valence-corrected chi connectivity index (χ4v) is 2.41. The van der Waals surface area contributed by atoms with Crippen molar-refractivity contribution in [3.8, 4) is 5.75 Å². The highest BCUT2D eigenvalue weighted by Crippen LogP contribution is 2.17. The van der Waals surface area contributed by atoms with Crippen molar-refractivity contribution in [1.82, 2.24) is 5.32 Å². The number of ether oxygens (including phenoxy) is 1. The van der Waals surface area contributed by atoms with E-state index in [4.69, 9.17) is 4.74 Å². The Morgan fingerprint density at radius 1 is 1.33 bits per heavy atom. The smallest absolute Gasteiger partial charge is 0.119 e. The van der Waals surface area contributed by atoms with Crippen LogP contribution in [0, 0.1) is 5.92 Å². The van der Waals surface area contributed by atoms with Crippen molar-refractivity contribution in [2.24, 2.45) is 5.92 Å². The normalized spacial score (nSPS) is 18.8. The van der Waals surface area contributed by atoms with Crippen LogP contribution in [0.5, 0.6) is 5.75 Å². The van der Waals surface area contributed by atoms with E-state index in [1.807, 2.05) is 6.07 Å². The summed E-state index contributed by atoms with van der Waals surface area (Å²) in [5, 5.41) is 3.57. The van der Waals surface area contributed by atoms with Crippen molar-refractivity contribution in [2.45, 2.75) is 25.7 Å². The first kappa shape index (κ1) is 13.2. The molecule has 0 heterocycles. The number of hydrogen-bond donors (Lipinski definition) is 1. The summed E-state index contributed by atoms with van der Waals surface area (Å²) < 4.78 is 5.23. The number of nitrogens with one attached hydrogen (secondary N) is 1. The molecule has 2 heteroatoms. The molecular formula is C16H23NO. The molecule has 1 aliphatic rings. The molecule has 0 bridgehead atoms. The molecule has 1 aromatic rings. The minimum Gasteiger partial charge on any atom is -0.497 e.